The second kappa shape index (κ2) is 7.78. The molecule has 0 aromatic carbocycles. The van der Waals surface area contributed by atoms with Crippen molar-refractivity contribution in [1.29, 1.82) is 0 Å². The van der Waals surface area contributed by atoms with Crippen molar-refractivity contribution in [3.05, 3.63) is 17.5 Å². The molecule has 2 heterocycles. The molecule has 7 nitrogen and oxygen atoms in total. The third-order valence-electron chi connectivity index (χ3n) is 5.11. The first kappa shape index (κ1) is 21.1. The monoisotopic (exact) mass is 387 g/mol. The highest BCUT2D eigenvalue weighted by Gasteiger charge is 2.43. The number of rotatable bonds is 8. The minimum absolute atomic E-state index is 0.117. The lowest BCUT2D eigenvalue weighted by Gasteiger charge is -2.28. The maximum absolute atomic E-state index is 12.8. The Hall–Kier alpha value is -1.25. The summed E-state index contributed by atoms with van der Waals surface area (Å²) in [5.41, 5.74) is -0.0656. The minimum atomic E-state index is -3.68. The first-order valence-electron chi connectivity index (χ1n) is 8.94. The van der Waals surface area contributed by atoms with Gasteiger partial charge in [0.15, 0.2) is 15.6 Å². The van der Waals surface area contributed by atoms with Gasteiger partial charge in [-0.05, 0) is 33.1 Å². The van der Waals surface area contributed by atoms with Crippen LogP contribution in [-0.4, -0.2) is 54.3 Å². The number of aromatic nitrogens is 1. The first-order chi connectivity index (χ1) is 12.0. The van der Waals surface area contributed by atoms with Crippen molar-refractivity contribution in [3.63, 3.8) is 0 Å². The molecule has 1 fully saturated rings. The van der Waals surface area contributed by atoms with E-state index in [9.17, 15) is 18.3 Å². The Morgan fingerprint density at radius 3 is 2.58 bits per heavy atom. The van der Waals surface area contributed by atoms with Crippen molar-refractivity contribution in [1.82, 2.24) is 5.16 Å². The lowest BCUT2D eigenvalue weighted by Crippen LogP contribution is -2.45. The normalized spacial score (nSPS) is 19.5. The lowest BCUT2D eigenvalue weighted by atomic mass is 9.90. The summed E-state index contributed by atoms with van der Waals surface area (Å²) in [6.07, 6.45) is 2.08. The topological polar surface area (TPSA) is 107 Å². The third kappa shape index (κ3) is 4.53. The zero-order valence-corrected chi connectivity index (χ0v) is 16.8. The van der Waals surface area contributed by atoms with E-state index in [-0.39, 0.29) is 24.9 Å². The smallest absolute Gasteiger partial charge is 0.165 e. The van der Waals surface area contributed by atoms with E-state index in [1.54, 1.807) is 19.9 Å². The summed E-state index contributed by atoms with van der Waals surface area (Å²) in [7, 11) is -3.68. The molecule has 0 spiro atoms. The van der Waals surface area contributed by atoms with Crippen LogP contribution in [0.5, 0.6) is 0 Å². The standard InChI is InChI=1S/C18H29NO6S/c1-17(2,12-20)15-9-14(25-19-15)10-16(21)18(3,4)26(22,23)11-13-7-5-6-8-24-13/h9,13,20H,5-8,10-12H2,1-4H3/t13-/m0/s1. The van der Waals surface area contributed by atoms with Gasteiger partial charge in [-0.1, -0.05) is 19.0 Å². The molecule has 26 heavy (non-hydrogen) atoms. The van der Waals surface area contributed by atoms with Crippen molar-refractivity contribution < 1.29 is 27.6 Å². The lowest BCUT2D eigenvalue weighted by molar-refractivity contribution is -0.120. The molecule has 1 aliphatic heterocycles. The molecule has 1 saturated heterocycles. The van der Waals surface area contributed by atoms with E-state index in [0.717, 1.165) is 12.8 Å². The molecule has 148 valence electrons. The van der Waals surface area contributed by atoms with Crippen molar-refractivity contribution >= 4 is 15.6 Å². The van der Waals surface area contributed by atoms with Crippen LogP contribution >= 0.6 is 0 Å². The number of nitrogens with zero attached hydrogens (tertiary/aromatic N) is 1. The number of ketones is 1. The van der Waals surface area contributed by atoms with Crippen molar-refractivity contribution in [2.75, 3.05) is 19.0 Å². The molecule has 0 unspecified atom stereocenters. The van der Waals surface area contributed by atoms with Crippen LogP contribution in [0, 0.1) is 0 Å². The van der Waals surface area contributed by atoms with Crippen molar-refractivity contribution in [2.45, 2.75) is 69.6 Å². The van der Waals surface area contributed by atoms with Crippen LogP contribution in [-0.2, 0) is 31.2 Å². The molecule has 1 aliphatic rings. The number of Topliss-reactive ketones (excluding diaryl/α,β-unsaturated/α-hetero) is 1. The highest BCUT2D eigenvalue weighted by molar-refractivity contribution is 7.93. The van der Waals surface area contributed by atoms with Crippen molar-refractivity contribution in [3.8, 4) is 0 Å². The van der Waals surface area contributed by atoms with Gasteiger partial charge in [0.25, 0.3) is 0 Å². The molecule has 2 rings (SSSR count). The van der Waals surface area contributed by atoms with E-state index >= 15 is 0 Å². The first-order valence-corrected chi connectivity index (χ1v) is 10.6. The molecule has 8 heteroatoms. The quantitative estimate of drug-likeness (QED) is 0.725. The molecular formula is C18H29NO6S. The second-order valence-corrected chi connectivity index (χ2v) is 10.7. The van der Waals surface area contributed by atoms with E-state index in [1.165, 1.54) is 13.8 Å². The number of carbonyl (C=O) groups excluding carboxylic acids is 1. The van der Waals surface area contributed by atoms with Crippen LogP contribution in [0.4, 0.5) is 0 Å². The molecular weight excluding hydrogens is 358 g/mol. The fourth-order valence-electron chi connectivity index (χ4n) is 2.73. The van der Waals surface area contributed by atoms with Gasteiger partial charge in [0, 0.05) is 18.1 Å². The van der Waals surface area contributed by atoms with Gasteiger partial charge in [0.2, 0.25) is 0 Å². The Labute approximate surface area is 155 Å². The fourth-order valence-corrected chi connectivity index (χ4v) is 4.32. The zero-order chi connectivity index (χ0) is 19.6. The largest absolute Gasteiger partial charge is 0.395 e. The van der Waals surface area contributed by atoms with Gasteiger partial charge < -0.3 is 14.4 Å². The highest BCUT2D eigenvalue weighted by Crippen LogP contribution is 2.26. The van der Waals surface area contributed by atoms with Crippen LogP contribution in [0.2, 0.25) is 0 Å². The third-order valence-corrected chi connectivity index (χ3v) is 7.70. The molecule has 1 N–H and O–H groups in total. The van der Waals surface area contributed by atoms with E-state index in [2.05, 4.69) is 5.16 Å². The van der Waals surface area contributed by atoms with Crippen LogP contribution < -0.4 is 0 Å². The number of aliphatic hydroxyl groups excluding tert-OH is 1. The number of hydrogen-bond acceptors (Lipinski definition) is 7. The summed E-state index contributed by atoms with van der Waals surface area (Å²) < 4.78 is 34.7. The Kier molecular flexibility index (Phi) is 6.30. The molecule has 0 amide bonds. The molecule has 0 radical (unpaired) electrons. The van der Waals surface area contributed by atoms with Crippen molar-refractivity contribution in [2.24, 2.45) is 0 Å². The van der Waals surface area contributed by atoms with Gasteiger partial charge in [0.1, 0.15) is 10.5 Å². The SMILES string of the molecule is CC(C)(CO)c1cc(CC(=O)C(C)(C)S(=O)(=O)C[C@@H]2CCCCO2)on1. The van der Waals surface area contributed by atoms with E-state index in [1.807, 2.05) is 0 Å². The molecule has 0 aliphatic carbocycles. The predicted octanol–water partition coefficient (Wildman–Crippen LogP) is 1.82. The number of aliphatic hydroxyl groups is 1. The Morgan fingerprint density at radius 1 is 1.31 bits per heavy atom. The van der Waals surface area contributed by atoms with Crippen LogP contribution in [0.3, 0.4) is 0 Å². The van der Waals surface area contributed by atoms with E-state index in [0.29, 0.717) is 24.5 Å². The average molecular weight is 387 g/mol. The maximum Gasteiger partial charge on any atom is 0.165 e. The Morgan fingerprint density at radius 2 is 2.00 bits per heavy atom. The zero-order valence-electron chi connectivity index (χ0n) is 15.9. The Balaban J connectivity index is 2.09. The average Bonchev–Trinajstić information content (AvgIpc) is 3.04. The number of carbonyl (C=O) groups is 1. The summed E-state index contributed by atoms with van der Waals surface area (Å²) in [6.45, 7) is 6.92. The predicted molar refractivity (Wildman–Crippen MR) is 96.8 cm³/mol. The number of sulfone groups is 1. The molecule has 0 bridgehead atoms. The molecule has 1 atom stereocenters. The summed E-state index contributed by atoms with van der Waals surface area (Å²) >= 11 is 0. The minimum Gasteiger partial charge on any atom is -0.395 e. The summed E-state index contributed by atoms with van der Waals surface area (Å²) in [5.74, 6) is -0.299. The van der Waals surface area contributed by atoms with E-state index < -0.39 is 25.8 Å². The number of ether oxygens (including phenoxy) is 1. The van der Waals surface area contributed by atoms with Gasteiger partial charge in [-0.15, -0.1) is 0 Å². The fraction of sp³-hybridized carbons (Fsp3) is 0.778. The molecule has 1 aromatic rings. The molecule has 0 saturated carbocycles. The van der Waals surface area contributed by atoms with Crippen LogP contribution in [0.15, 0.2) is 10.6 Å². The summed E-state index contributed by atoms with van der Waals surface area (Å²) in [5, 5.41) is 13.3. The van der Waals surface area contributed by atoms with Crippen LogP contribution in [0.1, 0.15) is 58.4 Å². The van der Waals surface area contributed by atoms with Gasteiger partial charge in [0.05, 0.1) is 30.6 Å². The van der Waals surface area contributed by atoms with Crippen LogP contribution in [0.25, 0.3) is 0 Å². The van der Waals surface area contributed by atoms with E-state index in [4.69, 9.17) is 9.26 Å². The molecule has 1 aromatic heterocycles. The summed E-state index contributed by atoms with van der Waals surface area (Å²) in [4.78, 5) is 12.7. The van der Waals surface area contributed by atoms with Gasteiger partial charge in [-0.3, -0.25) is 4.79 Å². The maximum atomic E-state index is 12.8. The second-order valence-electron chi connectivity index (χ2n) is 8.10. The summed E-state index contributed by atoms with van der Waals surface area (Å²) in [6, 6.07) is 1.60. The van der Waals surface area contributed by atoms with Gasteiger partial charge in [-0.25, -0.2) is 8.42 Å². The Bertz CT molecular complexity index is 729. The highest BCUT2D eigenvalue weighted by atomic mass is 32.2. The van der Waals surface area contributed by atoms with Gasteiger partial charge in [-0.2, -0.15) is 0 Å². The number of hydrogen-bond donors (Lipinski definition) is 1. The van der Waals surface area contributed by atoms with Gasteiger partial charge >= 0.3 is 0 Å².